The van der Waals surface area contributed by atoms with Gasteiger partial charge in [-0.2, -0.15) is 5.26 Å². The number of anilines is 1. The van der Waals surface area contributed by atoms with E-state index in [0.717, 1.165) is 18.5 Å². The SMILES string of the molecule is N#CCCc1ccc(N2CC3CCC(C2)N3C(=O)O)cc1F. The molecule has 2 heterocycles. The van der Waals surface area contributed by atoms with Crippen molar-refractivity contribution in [1.82, 2.24) is 4.90 Å². The molecule has 0 spiro atoms. The topological polar surface area (TPSA) is 67.6 Å². The molecule has 3 rings (SSSR count). The number of benzene rings is 1. The predicted octanol–water partition coefficient (Wildman–Crippen LogP) is 2.61. The summed E-state index contributed by atoms with van der Waals surface area (Å²) in [5, 5.41) is 17.8. The van der Waals surface area contributed by atoms with Gasteiger partial charge < -0.3 is 10.0 Å². The summed E-state index contributed by atoms with van der Waals surface area (Å²) in [6, 6.07) is 7.11. The fraction of sp³-hybridized carbons (Fsp3) is 0.500. The van der Waals surface area contributed by atoms with Crippen LogP contribution in [0, 0.1) is 17.1 Å². The Kier molecular flexibility index (Phi) is 3.88. The number of nitrogens with zero attached hydrogens (tertiary/aromatic N) is 3. The summed E-state index contributed by atoms with van der Waals surface area (Å²) in [4.78, 5) is 14.9. The second-order valence-electron chi connectivity index (χ2n) is 5.91. The third-order valence-electron chi connectivity index (χ3n) is 4.61. The zero-order chi connectivity index (χ0) is 15.7. The number of carboxylic acid groups (broad SMARTS) is 1. The zero-order valence-electron chi connectivity index (χ0n) is 12.2. The molecule has 0 saturated carbocycles. The molecule has 2 saturated heterocycles. The van der Waals surface area contributed by atoms with Crippen LogP contribution in [-0.4, -0.2) is 41.3 Å². The lowest BCUT2D eigenvalue weighted by Gasteiger charge is -2.40. The Bertz CT molecular complexity index is 614. The highest BCUT2D eigenvalue weighted by molar-refractivity contribution is 5.67. The highest BCUT2D eigenvalue weighted by atomic mass is 19.1. The third-order valence-corrected chi connectivity index (χ3v) is 4.61. The van der Waals surface area contributed by atoms with E-state index >= 15 is 0 Å². The van der Waals surface area contributed by atoms with Crippen molar-refractivity contribution < 1.29 is 14.3 Å². The quantitative estimate of drug-likeness (QED) is 0.932. The van der Waals surface area contributed by atoms with Crippen LogP contribution in [0.5, 0.6) is 0 Å². The van der Waals surface area contributed by atoms with Gasteiger partial charge in [0.15, 0.2) is 0 Å². The second-order valence-corrected chi connectivity index (χ2v) is 5.91. The van der Waals surface area contributed by atoms with Gasteiger partial charge in [-0.25, -0.2) is 9.18 Å². The maximum Gasteiger partial charge on any atom is 0.407 e. The fourth-order valence-corrected chi connectivity index (χ4v) is 3.55. The van der Waals surface area contributed by atoms with Crippen LogP contribution in [0.1, 0.15) is 24.8 Å². The van der Waals surface area contributed by atoms with Gasteiger partial charge in [0, 0.05) is 25.2 Å². The van der Waals surface area contributed by atoms with E-state index in [2.05, 4.69) is 4.90 Å². The van der Waals surface area contributed by atoms with Crippen molar-refractivity contribution in [2.45, 2.75) is 37.8 Å². The number of carbonyl (C=O) groups is 1. The lowest BCUT2D eigenvalue weighted by Crippen LogP contribution is -2.55. The zero-order valence-corrected chi connectivity index (χ0v) is 12.2. The number of halogens is 1. The molecule has 6 heteroatoms. The molecule has 2 atom stereocenters. The first-order chi connectivity index (χ1) is 10.6. The van der Waals surface area contributed by atoms with E-state index in [1.165, 1.54) is 6.07 Å². The lowest BCUT2D eigenvalue weighted by atomic mass is 10.1. The van der Waals surface area contributed by atoms with Gasteiger partial charge in [-0.15, -0.1) is 0 Å². The average Bonchev–Trinajstić information content (AvgIpc) is 2.77. The molecule has 1 aromatic rings. The van der Waals surface area contributed by atoms with Crippen molar-refractivity contribution in [3.8, 4) is 6.07 Å². The van der Waals surface area contributed by atoms with Crippen LogP contribution in [0.15, 0.2) is 18.2 Å². The summed E-state index contributed by atoms with van der Waals surface area (Å²) < 4.78 is 14.1. The van der Waals surface area contributed by atoms with E-state index in [0.29, 0.717) is 31.5 Å². The fourth-order valence-electron chi connectivity index (χ4n) is 3.55. The molecular weight excluding hydrogens is 285 g/mol. The van der Waals surface area contributed by atoms with E-state index in [-0.39, 0.29) is 17.9 Å². The van der Waals surface area contributed by atoms with E-state index in [1.807, 2.05) is 12.1 Å². The Morgan fingerprint density at radius 3 is 2.59 bits per heavy atom. The molecule has 0 radical (unpaired) electrons. The first-order valence-electron chi connectivity index (χ1n) is 7.51. The van der Waals surface area contributed by atoms with Crippen LogP contribution in [-0.2, 0) is 6.42 Å². The van der Waals surface area contributed by atoms with Gasteiger partial charge >= 0.3 is 6.09 Å². The molecule has 1 aromatic carbocycles. The highest BCUT2D eigenvalue weighted by Crippen LogP contribution is 2.33. The summed E-state index contributed by atoms with van der Waals surface area (Å²) in [5.74, 6) is -0.291. The number of hydrogen-bond donors (Lipinski definition) is 1. The van der Waals surface area contributed by atoms with Gasteiger partial charge in [-0.3, -0.25) is 4.90 Å². The van der Waals surface area contributed by atoms with Gasteiger partial charge in [-0.05, 0) is 37.0 Å². The normalized spacial score (nSPS) is 23.5. The Morgan fingerprint density at radius 2 is 2.05 bits per heavy atom. The smallest absolute Gasteiger partial charge is 0.407 e. The van der Waals surface area contributed by atoms with Gasteiger partial charge in [-0.1, -0.05) is 6.07 Å². The molecule has 2 aliphatic heterocycles. The van der Waals surface area contributed by atoms with Crippen molar-refractivity contribution >= 4 is 11.8 Å². The molecule has 1 N–H and O–H groups in total. The summed E-state index contributed by atoms with van der Waals surface area (Å²) in [6.07, 6.45) is 1.61. The molecular formula is C16H18FN3O2. The third kappa shape index (κ3) is 2.59. The van der Waals surface area contributed by atoms with E-state index < -0.39 is 6.09 Å². The Labute approximate surface area is 128 Å². The van der Waals surface area contributed by atoms with E-state index in [9.17, 15) is 14.3 Å². The summed E-state index contributed by atoms with van der Waals surface area (Å²) >= 11 is 0. The Hall–Kier alpha value is -2.29. The van der Waals surface area contributed by atoms with Crippen LogP contribution < -0.4 is 4.90 Å². The van der Waals surface area contributed by atoms with Gasteiger partial charge in [0.2, 0.25) is 0 Å². The predicted molar refractivity (Wildman–Crippen MR) is 79.2 cm³/mol. The minimum absolute atomic E-state index is 0.00224. The van der Waals surface area contributed by atoms with Crippen LogP contribution in [0.2, 0.25) is 0 Å². The molecule has 2 fully saturated rings. The monoisotopic (exact) mass is 303 g/mol. The lowest BCUT2D eigenvalue weighted by molar-refractivity contribution is 0.115. The van der Waals surface area contributed by atoms with Gasteiger partial charge in [0.05, 0.1) is 18.2 Å². The number of aryl methyl sites for hydroxylation is 1. The van der Waals surface area contributed by atoms with Crippen LogP contribution in [0.25, 0.3) is 0 Å². The van der Waals surface area contributed by atoms with Crippen molar-refractivity contribution in [3.05, 3.63) is 29.6 Å². The number of hydrogen-bond acceptors (Lipinski definition) is 3. The highest BCUT2D eigenvalue weighted by Gasteiger charge is 2.42. The molecule has 116 valence electrons. The molecule has 5 nitrogen and oxygen atoms in total. The summed E-state index contributed by atoms with van der Waals surface area (Å²) in [7, 11) is 0. The summed E-state index contributed by atoms with van der Waals surface area (Å²) in [5.41, 5.74) is 1.34. The largest absolute Gasteiger partial charge is 0.465 e. The molecule has 2 unspecified atom stereocenters. The molecule has 0 aromatic heterocycles. The standard InChI is InChI=1S/C16H18FN3O2/c17-15-8-12(4-3-11(15)2-1-7-18)19-9-13-5-6-14(10-19)20(13)16(21)22/h3-4,8,13-14H,1-2,5-6,9-10H2,(H,21,22). The number of rotatable bonds is 3. The molecule has 2 bridgehead atoms. The molecule has 0 aliphatic carbocycles. The maximum atomic E-state index is 14.1. The second kappa shape index (κ2) is 5.84. The minimum Gasteiger partial charge on any atom is -0.465 e. The first kappa shape index (κ1) is 14.6. The van der Waals surface area contributed by atoms with E-state index in [1.54, 1.807) is 11.0 Å². The van der Waals surface area contributed by atoms with Crippen molar-refractivity contribution in [2.24, 2.45) is 0 Å². The van der Waals surface area contributed by atoms with Crippen molar-refractivity contribution in [2.75, 3.05) is 18.0 Å². The minimum atomic E-state index is -0.856. The van der Waals surface area contributed by atoms with Crippen LogP contribution in [0.3, 0.4) is 0 Å². The molecule has 2 aliphatic rings. The Morgan fingerprint density at radius 1 is 1.36 bits per heavy atom. The number of piperazine rings is 1. The molecule has 22 heavy (non-hydrogen) atoms. The number of fused-ring (bicyclic) bond motifs is 2. The van der Waals surface area contributed by atoms with Crippen LogP contribution in [0.4, 0.5) is 14.9 Å². The first-order valence-corrected chi connectivity index (χ1v) is 7.51. The molecule has 1 amide bonds. The number of nitriles is 1. The van der Waals surface area contributed by atoms with Gasteiger partial charge in [0.1, 0.15) is 5.82 Å². The van der Waals surface area contributed by atoms with Crippen molar-refractivity contribution in [1.29, 1.82) is 5.26 Å². The number of amides is 1. The maximum absolute atomic E-state index is 14.1. The summed E-state index contributed by atoms with van der Waals surface area (Å²) in [6.45, 7) is 1.22. The van der Waals surface area contributed by atoms with Gasteiger partial charge in [0.25, 0.3) is 0 Å². The Balaban J connectivity index is 1.75. The average molecular weight is 303 g/mol. The van der Waals surface area contributed by atoms with Crippen molar-refractivity contribution in [3.63, 3.8) is 0 Å². The van der Waals surface area contributed by atoms with Crippen LogP contribution >= 0.6 is 0 Å². The van der Waals surface area contributed by atoms with E-state index in [4.69, 9.17) is 5.26 Å².